The van der Waals surface area contributed by atoms with E-state index < -0.39 is 0 Å². The number of fused-ring (bicyclic) bond motifs is 1. The van der Waals surface area contributed by atoms with Gasteiger partial charge in [-0.15, -0.1) is 0 Å². The predicted octanol–water partition coefficient (Wildman–Crippen LogP) is 1.44. The van der Waals surface area contributed by atoms with E-state index in [4.69, 9.17) is 10.5 Å². The quantitative estimate of drug-likeness (QED) is 0.904. The van der Waals surface area contributed by atoms with Gasteiger partial charge in [0, 0.05) is 12.5 Å². The summed E-state index contributed by atoms with van der Waals surface area (Å²) in [7, 11) is 0. The van der Waals surface area contributed by atoms with E-state index in [0.29, 0.717) is 6.61 Å². The van der Waals surface area contributed by atoms with Gasteiger partial charge in [-0.3, -0.25) is 0 Å². The molecule has 0 saturated heterocycles. The monoisotopic (exact) mass is 258 g/mol. The molecule has 5 nitrogen and oxygen atoms in total. The van der Waals surface area contributed by atoms with Crippen molar-refractivity contribution in [2.75, 3.05) is 0 Å². The first kappa shape index (κ1) is 12.2. The van der Waals surface area contributed by atoms with Gasteiger partial charge < -0.3 is 10.5 Å². The zero-order chi connectivity index (χ0) is 13.2. The van der Waals surface area contributed by atoms with Crippen molar-refractivity contribution in [3.8, 4) is 5.75 Å². The Hall–Kier alpha value is -1.88. The van der Waals surface area contributed by atoms with Crippen LogP contribution in [0.4, 0.5) is 0 Å². The van der Waals surface area contributed by atoms with Crippen LogP contribution in [-0.4, -0.2) is 20.8 Å². The molecule has 1 aromatic heterocycles. The molecule has 1 atom stereocenters. The molecule has 1 aliphatic rings. The van der Waals surface area contributed by atoms with Crippen LogP contribution in [0, 0.1) is 6.92 Å². The number of aromatic nitrogens is 3. The van der Waals surface area contributed by atoms with Crippen molar-refractivity contribution >= 4 is 0 Å². The molecule has 3 rings (SSSR count). The first-order valence-electron chi connectivity index (χ1n) is 6.58. The summed E-state index contributed by atoms with van der Waals surface area (Å²) in [5, 5.41) is 4.43. The Morgan fingerprint density at radius 1 is 1.37 bits per heavy atom. The normalized spacial score (nSPS) is 18.1. The largest absolute Gasteiger partial charge is 0.486 e. The molecule has 2 aromatic rings. The van der Waals surface area contributed by atoms with Gasteiger partial charge in [0.15, 0.2) is 5.82 Å². The van der Waals surface area contributed by atoms with Crippen molar-refractivity contribution in [2.45, 2.75) is 39.0 Å². The van der Waals surface area contributed by atoms with Crippen molar-refractivity contribution in [1.29, 1.82) is 0 Å². The van der Waals surface area contributed by atoms with Crippen LogP contribution in [-0.2, 0) is 19.6 Å². The number of nitrogens with two attached hydrogens (primary N) is 1. The lowest BCUT2D eigenvalue weighted by molar-refractivity contribution is 0.294. The van der Waals surface area contributed by atoms with E-state index >= 15 is 0 Å². The molecule has 0 bridgehead atoms. The molecular formula is C14H18N4O. The first-order chi connectivity index (χ1) is 9.20. The van der Waals surface area contributed by atoms with Crippen LogP contribution in [0.2, 0.25) is 0 Å². The summed E-state index contributed by atoms with van der Waals surface area (Å²) in [6.07, 6.45) is 1.88. The molecule has 19 heavy (non-hydrogen) atoms. The van der Waals surface area contributed by atoms with Crippen molar-refractivity contribution in [1.82, 2.24) is 14.8 Å². The number of rotatable bonds is 3. The number of ether oxygens (including phenoxy) is 1. The number of aryl methyl sites for hydroxylation is 2. The van der Waals surface area contributed by atoms with E-state index in [0.717, 1.165) is 36.8 Å². The van der Waals surface area contributed by atoms with E-state index in [9.17, 15) is 0 Å². The molecule has 0 radical (unpaired) electrons. The minimum Gasteiger partial charge on any atom is -0.486 e. The van der Waals surface area contributed by atoms with Gasteiger partial charge in [0.1, 0.15) is 18.2 Å². The predicted molar refractivity (Wildman–Crippen MR) is 71.8 cm³/mol. The number of nitrogens with zero attached hydrogens (tertiary/aromatic N) is 3. The molecule has 1 aliphatic heterocycles. The molecule has 0 fully saturated rings. The Balaban J connectivity index is 1.66. The summed E-state index contributed by atoms with van der Waals surface area (Å²) in [5.41, 5.74) is 7.14. The standard InChI is InChI=1S/C14H18N4O/c1-10-2-5-12(6-3-10)19-9-13-16-14-7-4-11(15)8-18(14)17-13/h2-3,5-6,11H,4,7-9,15H2,1H3. The van der Waals surface area contributed by atoms with E-state index in [1.807, 2.05) is 28.9 Å². The summed E-state index contributed by atoms with van der Waals surface area (Å²) in [6, 6.07) is 8.17. The Kier molecular flexibility index (Phi) is 3.21. The molecule has 0 spiro atoms. The lowest BCUT2D eigenvalue weighted by Crippen LogP contribution is -2.32. The Morgan fingerprint density at radius 3 is 2.95 bits per heavy atom. The molecule has 0 saturated carbocycles. The zero-order valence-corrected chi connectivity index (χ0v) is 11.0. The van der Waals surface area contributed by atoms with Gasteiger partial charge >= 0.3 is 0 Å². The highest BCUT2D eigenvalue weighted by molar-refractivity contribution is 5.26. The average Bonchev–Trinajstić information content (AvgIpc) is 2.80. The Bertz CT molecular complexity index is 561. The maximum Gasteiger partial charge on any atom is 0.188 e. The van der Waals surface area contributed by atoms with Gasteiger partial charge in [0.2, 0.25) is 0 Å². The molecule has 2 N–H and O–H groups in total. The molecule has 1 aromatic carbocycles. The third kappa shape index (κ3) is 2.76. The second-order valence-electron chi connectivity index (χ2n) is 5.03. The summed E-state index contributed by atoms with van der Waals surface area (Å²) in [5.74, 6) is 2.59. The van der Waals surface area contributed by atoms with Gasteiger partial charge in [-0.1, -0.05) is 17.7 Å². The van der Waals surface area contributed by atoms with Gasteiger partial charge in [0.05, 0.1) is 6.54 Å². The first-order valence-corrected chi connectivity index (χ1v) is 6.58. The maximum atomic E-state index is 5.92. The molecule has 5 heteroatoms. The minimum absolute atomic E-state index is 0.195. The third-order valence-electron chi connectivity index (χ3n) is 3.33. The number of hydrogen-bond donors (Lipinski definition) is 1. The van der Waals surface area contributed by atoms with Crippen molar-refractivity contribution in [2.24, 2.45) is 5.73 Å². The lowest BCUT2D eigenvalue weighted by atomic mass is 10.1. The molecule has 2 heterocycles. The van der Waals surface area contributed by atoms with E-state index in [1.165, 1.54) is 5.56 Å². The fraction of sp³-hybridized carbons (Fsp3) is 0.429. The Labute approximate surface area is 112 Å². The second-order valence-corrected chi connectivity index (χ2v) is 5.03. The van der Waals surface area contributed by atoms with E-state index in [2.05, 4.69) is 17.0 Å². The smallest absolute Gasteiger partial charge is 0.188 e. The minimum atomic E-state index is 0.195. The molecule has 0 aliphatic carbocycles. The molecule has 1 unspecified atom stereocenters. The fourth-order valence-corrected chi connectivity index (χ4v) is 2.23. The van der Waals surface area contributed by atoms with Gasteiger partial charge in [0.25, 0.3) is 0 Å². The highest BCUT2D eigenvalue weighted by atomic mass is 16.5. The maximum absolute atomic E-state index is 5.92. The van der Waals surface area contributed by atoms with E-state index in [-0.39, 0.29) is 6.04 Å². The second kappa shape index (κ2) is 5.01. The van der Waals surface area contributed by atoms with Crippen LogP contribution in [0.3, 0.4) is 0 Å². The van der Waals surface area contributed by atoms with Crippen molar-refractivity contribution < 1.29 is 4.74 Å². The van der Waals surface area contributed by atoms with Crippen molar-refractivity contribution in [3.05, 3.63) is 41.5 Å². The zero-order valence-electron chi connectivity index (χ0n) is 11.0. The summed E-state index contributed by atoms with van der Waals surface area (Å²) < 4.78 is 7.59. The van der Waals surface area contributed by atoms with Crippen LogP contribution in [0.15, 0.2) is 24.3 Å². The van der Waals surface area contributed by atoms with Crippen LogP contribution in [0.5, 0.6) is 5.75 Å². The lowest BCUT2D eigenvalue weighted by Gasteiger charge is -2.17. The van der Waals surface area contributed by atoms with Gasteiger partial charge in [-0.25, -0.2) is 9.67 Å². The van der Waals surface area contributed by atoms with Crippen LogP contribution >= 0.6 is 0 Å². The topological polar surface area (TPSA) is 66.0 Å². The summed E-state index contributed by atoms with van der Waals surface area (Å²) >= 11 is 0. The van der Waals surface area contributed by atoms with Crippen LogP contribution in [0.1, 0.15) is 23.6 Å². The molecule has 100 valence electrons. The number of hydrogen-bond acceptors (Lipinski definition) is 4. The Morgan fingerprint density at radius 2 is 2.16 bits per heavy atom. The summed E-state index contributed by atoms with van der Waals surface area (Å²) in [4.78, 5) is 4.49. The third-order valence-corrected chi connectivity index (χ3v) is 3.33. The van der Waals surface area contributed by atoms with Crippen molar-refractivity contribution in [3.63, 3.8) is 0 Å². The van der Waals surface area contributed by atoms with Crippen LogP contribution < -0.4 is 10.5 Å². The number of benzene rings is 1. The highest BCUT2D eigenvalue weighted by Gasteiger charge is 2.18. The van der Waals surface area contributed by atoms with Gasteiger partial charge in [-0.2, -0.15) is 5.10 Å². The summed E-state index contributed by atoms with van der Waals surface area (Å²) in [6.45, 7) is 3.21. The van der Waals surface area contributed by atoms with E-state index in [1.54, 1.807) is 0 Å². The highest BCUT2D eigenvalue weighted by Crippen LogP contribution is 2.15. The molecule has 0 amide bonds. The van der Waals surface area contributed by atoms with Gasteiger partial charge in [-0.05, 0) is 25.5 Å². The average molecular weight is 258 g/mol. The fourth-order valence-electron chi connectivity index (χ4n) is 2.23. The SMILES string of the molecule is Cc1ccc(OCc2nc3n(n2)CC(N)CC3)cc1. The molecular weight excluding hydrogens is 240 g/mol. The van der Waals surface area contributed by atoms with Crippen LogP contribution in [0.25, 0.3) is 0 Å².